The second-order valence-electron chi connectivity index (χ2n) is 6.10. The monoisotopic (exact) mass is 374 g/mol. The minimum Gasteiger partial charge on any atom is -0.402 e. The number of carbonyl (C=O) groups is 1. The third-order valence-electron chi connectivity index (χ3n) is 4.07. The van der Waals surface area contributed by atoms with Crippen molar-refractivity contribution >= 4 is 23.6 Å². The van der Waals surface area contributed by atoms with Gasteiger partial charge in [-0.05, 0) is 17.7 Å². The second-order valence-corrected chi connectivity index (χ2v) is 6.10. The highest BCUT2D eigenvalue weighted by Gasteiger charge is 2.25. The number of rotatable bonds is 5. The summed E-state index contributed by atoms with van der Waals surface area (Å²) in [5, 5.41) is 15.2. The molecule has 4 rings (SSSR count). The van der Waals surface area contributed by atoms with E-state index >= 15 is 0 Å². The predicted octanol–water partition coefficient (Wildman–Crippen LogP) is 3.18. The Kier molecular flexibility index (Phi) is 4.51. The van der Waals surface area contributed by atoms with Crippen LogP contribution in [0.1, 0.15) is 16.7 Å². The van der Waals surface area contributed by atoms with E-state index in [-0.39, 0.29) is 17.3 Å². The van der Waals surface area contributed by atoms with Gasteiger partial charge >= 0.3 is 5.97 Å². The number of hydrogen-bond acceptors (Lipinski definition) is 6. The maximum Gasteiger partial charge on any atom is 0.363 e. The lowest BCUT2D eigenvalue weighted by Crippen LogP contribution is -2.05. The number of nitrogens with zero attached hydrogens (tertiary/aromatic N) is 4. The molecule has 2 heterocycles. The van der Waals surface area contributed by atoms with Crippen molar-refractivity contribution in [1.82, 2.24) is 9.78 Å². The average Bonchev–Trinajstić information content (AvgIpc) is 3.29. The number of benzene rings is 2. The van der Waals surface area contributed by atoms with E-state index in [0.29, 0.717) is 17.7 Å². The van der Waals surface area contributed by atoms with Crippen molar-refractivity contribution in [2.75, 3.05) is 0 Å². The number of carbonyl (C=O) groups excluding carboxylic acids is 1. The Balaban J connectivity index is 1.56. The van der Waals surface area contributed by atoms with Crippen molar-refractivity contribution in [3.63, 3.8) is 0 Å². The third-order valence-corrected chi connectivity index (χ3v) is 4.07. The van der Waals surface area contributed by atoms with Gasteiger partial charge in [0.15, 0.2) is 5.70 Å². The lowest BCUT2D eigenvalue weighted by Gasteiger charge is -2.00. The first-order valence-corrected chi connectivity index (χ1v) is 8.42. The Morgan fingerprint density at radius 1 is 1.14 bits per heavy atom. The van der Waals surface area contributed by atoms with Gasteiger partial charge in [-0.3, -0.25) is 14.8 Å². The summed E-state index contributed by atoms with van der Waals surface area (Å²) in [5.74, 6) is -0.575. The zero-order valence-electron chi connectivity index (χ0n) is 14.6. The first-order chi connectivity index (χ1) is 13.6. The van der Waals surface area contributed by atoms with Crippen LogP contribution in [-0.4, -0.2) is 26.6 Å². The van der Waals surface area contributed by atoms with Gasteiger partial charge in [0.05, 0.1) is 17.7 Å². The average molecular weight is 374 g/mol. The van der Waals surface area contributed by atoms with Gasteiger partial charge in [-0.25, -0.2) is 9.79 Å². The van der Waals surface area contributed by atoms with Crippen LogP contribution in [0.3, 0.4) is 0 Å². The molecule has 0 radical (unpaired) electrons. The van der Waals surface area contributed by atoms with Crippen LogP contribution in [0.4, 0.5) is 5.69 Å². The molecule has 0 fully saturated rings. The van der Waals surface area contributed by atoms with E-state index in [9.17, 15) is 14.9 Å². The van der Waals surface area contributed by atoms with Gasteiger partial charge in [-0.1, -0.05) is 36.4 Å². The number of nitro benzene ring substituents is 1. The number of aromatic nitrogens is 2. The van der Waals surface area contributed by atoms with Crippen molar-refractivity contribution in [3.8, 4) is 0 Å². The van der Waals surface area contributed by atoms with Crippen molar-refractivity contribution in [2.45, 2.75) is 6.54 Å². The lowest BCUT2D eigenvalue weighted by molar-refractivity contribution is -0.384. The molecule has 0 spiro atoms. The number of hydrogen-bond donors (Lipinski definition) is 0. The molecule has 0 amide bonds. The molecular formula is C20H14N4O4. The minimum absolute atomic E-state index is 0.0385. The minimum atomic E-state index is -0.614. The fourth-order valence-electron chi connectivity index (χ4n) is 2.75. The fraction of sp³-hybridized carbons (Fsp3) is 0.0500. The molecule has 0 aliphatic carbocycles. The summed E-state index contributed by atoms with van der Waals surface area (Å²) in [6, 6.07) is 15.7. The Hall–Kier alpha value is -4.07. The highest BCUT2D eigenvalue weighted by molar-refractivity contribution is 6.13. The Morgan fingerprint density at radius 2 is 1.96 bits per heavy atom. The molecular weight excluding hydrogens is 360 g/mol. The predicted molar refractivity (Wildman–Crippen MR) is 101 cm³/mol. The van der Waals surface area contributed by atoms with E-state index in [0.717, 1.165) is 5.56 Å². The van der Waals surface area contributed by atoms with Crippen molar-refractivity contribution < 1.29 is 14.5 Å². The summed E-state index contributed by atoms with van der Waals surface area (Å²) in [6.07, 6.45) is 5.00. The molecule has 0 bridgehead atoms. The van der Waals surface area contributed by atoms with Gasteiger partial charge in [0.1, 0.15) is 0 Å². The summed E-state index contributed by atoms with van der Waals surface area (Å²) in [6.45, 7) is 0.608. The zero-order chi connectivity index (χ0) is 19.5. The van der Waals surface area contributed by atoms with Crippen molar-refractivity contribution in [1.29, 1.82) is 0 Å². The van der Waals surface area contributed by atoms with Crippen LogP contribution in [0.15, 0.2) is 77.7 Å². The Morgan fingerprint density at radius 3 is 2.75 bits per heavy atom. The molecule has 138 valence electrons. The van der Waals surface area contributed by atoms with Crippen LogP contribution < -0.4 is 0 Å². The highest BCUT2D eigenvalue weighted by atomic mass is 16.6. The molecule has 0 unspecified atom stereocenters. The summed E-state index contributed by atoms with van der Waals surface area (Å²) < 4.78 is 6.92. The Bertz CT molecular complexity index is 1120. The van der Waals surface area contributed by atoms with Crippen LogP contribution >= 0.6 is 0 Å². The summed E-state index contributed by atoms with van der Waals surface area (Å²) in [7, 11) is 0. The molecule has 1 aliphatic heterocycles. The standard InChI is InChI=1S/C20H14N4O4/c25-20-18(22-19(28-20)16-7-4-8-17(10-16)24(26)27)9-15-11-21-23(13-15)12-14-5-2-1-3-6-14/h1-11,13H,12H2/b18-9-. The number of nitro groups is 1. The molecule has 8 nitrogen and oxygen atoms in total. The second kappa shape index (κ2) is 7.28. The van der Waals surface area contributed by atoms with Gasteiger partial charge in [0, 0.05) is 29.5 Å². The van der Waals surface area contributed by atoms with Gasteiger partial charge in [-0.15, -0.1) is 0 Å². The van der Waals surface area contributed by atoms with Crippen LogP contribution in [0, 0.1) is 10.1 Å². The molecule has 0 atom stereocenters. The van der Waals surface area contributed by atoms with E-state index in [1.165, 1.54) is 18.2 Å². The van der Waals surface area contributed by atoms with Gasteiger partial charge in [0.2, 0.25) is 5.90 Å². The van der Waals surface area contributed by atoms with Gasteiger partial charge in [-0.2, -0.15) is 5.10 Å². The summed E-state index contributed by atoms with van der Waals surface area (Å²) >= 11 is 0. The molecule has 1 aliphatic rings. The topological polar surface area (TPSA) is 99.6 Å². The molecule has 3 aromatic rings. The number of aliphatic imine (C=N–C) groups is 1. The highest BCUT2D eigenvalue weighted by Crippen LogP contribution is 2.21. The number of non-ortho nitro benzene ring substituents is 1. The molecule has 0 saturated heterocycles. The van der Waals surface area contributed by atoms with Crippen molar-refractivity contribution in [2.24, 2.45) is 4.99 Å². The number of esters is 1. The number of cyclic esters (lactones) is 1. The molecule has 2 aromatic carbocycles. The molecule has 0 N–H and O–H groups in total. The van der Waals surface area contributed by atoms with E-state index < -0.39 is 10.9 Å². The quantitative estimate of drug-likeness (QED) is 0.295. The van der Waals surface area contributed by atoms with E-state index in [1.807, 2.05) is 30.3 Å². The maximum atomic E-state index is 12.1. The van der Waals surface area contributed by atoms with Crippen LogP contribution in [0.2, 0.25) is 0 Å². The molecule has 8 heteroatoms. The molecule has 28 heavy (non-hydrogen) atoms. The smallest absolute Gasteiger partial charge is 0.363 e. The molecule has 1 aromatic heterocycles. The lowest BCUT2D eigenvalue weighted by atomic mass is 10.2. The first-order valence-electron chi connectivity index (χ1n) is 8.42. The number of ether oxygens (including phenoxy) is 1. The SMILES string of the molecule is O=C1OC(c2cccc([N+](=O)[O-])c2)=N/C1=C\c1cnn(Cc2ccccc2)c1. The molecule has 0 saturated carbocycles. The van der Waals surface area contributed by atoms with Gasteiger partial charge < -0.3 is 4.74 Å². The third kappa shape index (κ3) is 3.70. The van der Waals surface area contributed by atoms with Crippen LogP contribution in [-0.2, 0) is 16.1 Å². The fourth-order valence-corrected chi connectivity index (χ4v) is 2.75. The zero-order valence-corrected chi connectivity index (χ0v) is 14.6. The summed E-state index contributed by atoms with van der Waals surface area (Å²) in [4.78, 5) is 26.7. The van der Waals surface area contributed by atoms with Gasteiger partial charge in [0.25, 0.3) is 5.69 Å². The summed E-state index contributed by atoms with van der Waals surface area (Å²) in [5.41, 5.74) is 2.19. The van der Waals surface area contributed by atoms with Crippen molar-refractivity contribution in [3.05, 3.63) is 99.5 Å². The first kappa shape index (κ1) is 17.3. The normalized spacial score (nSPS) is 14.8. The van der Waals surface area contributed by atoms with E-state index in [1.54, 1.807) is 29.2 Å². The van der Waals surface area contributed by atoms with Crippen LogP contribution in [0.5, 0.6) is 0 Å². The largest absolute Gasteiger partial charge is 0.402 e. The Labute approximate surface area is 159 Å². The van der Waals surface area contributed by atoms with E-state index in [4.69, 9.17) is 4.74 Å². The van der Waals surface area contributed by atoms with Crippen LogP contribution in [0.25, 0.3) is 6.08 Å². The maximum absolute atomic E-state index is 12.1. The van der Waals surface area contributed by atoms with E-state index in [2.05, 4.69) is 10.1 Å².